The molecule has 3 aliphatic rings. The molecule has 0 fully saturated rings. The number of hydrogen-bond acceptors (Lipinski definition) is 3. The summed E-state index contributed by atoms with van der Waals surface area (Å²) in [6, 6.07) is 0. The van der Waals surface area contributed by atoms with Gasteiger partial charge in [0.2, 0.25) is 5.60 Å². The minimum Gasteiger partial charge on any atom is -0.496 e. The maximum Gasteiger partial charge on any atom is 0.203 e. The van der Waals surface area contributed by atoms with Crippen LogP contribution in [0.3, 0.4) is 0 Å². The molecule has 14 heavy (non-hydrogen) atoms. The first kappa shape index (κ1) is 7.97. The molecule has 74 valence electrons. The first-order chi connectivity index (χ1) is 6.91. The molecule has 3 heterocycles. The molecule has 3 nitrogen and oxygen atoms in total. The fourth-order valence-corrected chi connectivity index (χ4v) is 2.22. The summed E-state index contributed by atoms with van der Waals surface area (Å²) in [5.41, 5.74) is 2.20. The highest BCUT2D eigenvalue weighted by Gasteiger charge is 2.41. The number of rotatable bonds is 0. The molecule has 1 atom stereocenters. The van der Waals surface area contributed by atoms with Crippen LogP contribution >= 0.6 is 0 Å². The third kappa shape index (κ3) is 0.983. The Labute approximate surface area is 83.1 Å². The Balaban J connectivity index is 2.04. The fraction of sp³-hybridized carbons (Fsp3) is 0.455. The van der Waals surface area contributed by atoms with Crippen molar-refractivity contribution < 1.29 is 9.47 Å². The van der Waals surface area contributed by atoms with Gasteiger partial charge in [-0.05, 0) is 24.5 Å². The number of nitrogens with one attached hydrogen (secondary N) is 1. The van der Waals surface area contributed by atoms with E-state index in [1.807, 2.05) is 6.08 Å². The van der Waals surface area contributed by atoms with Gasteiger partial charge >= 0.3 is 0 Å². The molecule has 0 radical (unpaired) electrons. The van der Waals surface area contributed by atoms with Gasteiger partial charge in [0.05, 0.1) is 18.2 Å². The molecule has 0 bridgehead atoms. The van der Waals surface area contributed by atoms with Gasteiger partial charge in [-0.2, -0.15) is 0 Å². The predicted octanol–water partition coefficient (Wildman–Crippen LogP) is 1.45. The van der Waals surface area contributed by atoms with Gasteiger partial charge in [0.1, 0.15) is 6.61 Å². The van der Waals surface area contributed by atoms with Crippen LogP contribution in [-0.4, -0.2) is 18.8 Å². The molecule has 1 unspecified atom stereocenters. The molecular formula is C11H13NO2. The zero-order valence-electron chi connectivity index (χ0n) is 7.95. The Hall–Kier alpha value is -1.38. The van der Waals surface area contributed by atoms with Gasteiger partial charge in [-0.1, -0.05) is 0 Å². The van der Waals surface area contributed by atoms with Gasteiger partial charge in [-0.15, -0.1) is 0 Å². The second kappa shape index (κ2) is 2.80. The molecule has 0 saturated heterocycles. The average molecular weight is 191 g/mol. The average Bonchev–Trinajstić information content (AvgIpc) is 2.68. The molecule has 3 heteroatoms. The summed E-state index contributed by atoms with van der Waals surface area (Å²) in [5.74, 6) is 0. The van der Waals surface area contributed by atoms with Crippen molar-refractivity contribution in [2.24, 2.45) is 0 Å². The van der Waals surface area contributed by atoms with Gasteiger partial charge in [-0.3, -0.25) is 0 Å². The zero-order valence-corrected chi connectivity index (χ0v) is 7.95. The smallest absolute Gasteiger partial charge is 0.203 e. The lowest BCUT2D eigenvalue weighted by atomic mass is 9.90. The van der Waals surface area contributed by atoms with Crippen molar-refractivity contribution in [3.05, 3.63) is 35.9 Å². The summed E-state index contributed by atoms with van der Waals surface area (Å²) in [6.45, 7) is 1.62. The minimum absolute atomic E-state index is 0.357. The summed E-state index contributed by atoms with van der Waals surface area (Å²) in [7, 11) is 0. The van der Waals surface area contributed by atoms with E-state index in [0.29, 0.717) is 6.61 Å². The third-order valence-electron chi connectivity index (χ3n) is 2.95. The van der Waals surface area contributed by atoms with Gasteiger partial charge in [0.15, 0.2) is 0 Å². The quantitative estimate of drug-likeness (QED) is 0.628. The number of hydrogen-bond donors (Lipinski definition) is 1. The standard InChI is InChI=1S/C11H13NO2/c1-2-9-3-6-14-11(4-7-13-8-11)10(9)12-5-1/h3-4,6-7,12H,1-2,5,8H2. The predicted molar refractivity (Wildman–Crippen MR) is 52.3 cm³/mol. The molecular weight excluding hydrogens is 178 g/mol. The van der Waals surface area contributed by atoms with Crippen LogP contribution in [0, 0.1) is 0 Å². The highest BCUT2D eigenvalue weighted by Crippen LogP contribution is 2.35. The lowest BCUT2D eigenvalue weighted by Crippen LogP contribution is -2.43. The van der Waals surface area contributed by atoms with E-state index in [2.05, 4.69) is 11.4 Å². The van der Waals surface area contributed by atoms with Crippen LogP contribution in [0.25, 0.3) is 0 Å². The molecule has 0 aliphatic carbocycles. The van der Waals surface area contributed by atoms with E-state index in [-0.39, 0.29) is 5.60 Å². The highest BCUT2D eigenvalue weighted by atomic mass is 16.5. The Morgan fingerprint density at radius 2 is 2.36 bits per heavy atom. The Bertz CT molecular complexity index is 343. The van der Waals surface area contributed by atoms with Gasteiger partial charge < -0.3 is 14.8 Å². The summed E-state index contributed by atoms with van der Waals surface area (Å²) in [5, 5.41) is 3.43. The second-order valence-electron chi connectivity index (χ2n) is 3.85. The van der Waals surface area contributed by atoms with E-state index < -0.39 is 0 Å². The summed E-state index contributed by atoms with van der Waals surface area (Å²) >= 11 is 0. The second-order valence-corrected chi connectivity index (χ2v) is 3.85. The van der Waals surface area contributed by atoms with Crippen LogP contribution in [0.1, 0.15) is 12.8 Å². The first-order valence-electron chi connectivity index (χ1n) is 5.02. The topological polar surface area (TPSA) is 30.5 Å². The number of fused-ring (bicyclic) bond motifs is 1. The van der Waals surface area contributed by atoms with Crippen molar-refractivity contribution in [2.75, 3.05) is 13.2 Å². The maximum absolute atomic E-state index is 5.68. The van der Waals surface area contributed by atoms with Crippen molar-refractivity contribution in [1.82, 2.24) is 5.32 Å². The Morgan fingerprint density at radius 3 is 3.21 bits per heavy atom. The summed E-state index contributed by atoms with van der Waals surface area (Å²) < 4.78 is 11.0. The maximum atomic E-state index is 5.68. The third-order valence-corrected chi connectivity index (χ3v) is 2.95. The molecule has 0 aromatic heterocycles. The molecule has 1 N–H and O–H groups in total. The van der Waals surface area contributed by atoms with Crippen LogP contribution in [-0.2, 0) is 9.47 Å². The Morgan fingerprint density at radius 1 is 1.36 bits per heavy atom. The van der Waals surface area contributed by atoms with Crippen LogP contribution in [0.4, 0.5) is 0 Å². The highest BCUT2D eigenvalue weighted by molar-refractivity contribution is 5.40. The van der Waals surface area contributed by atoms with Gasteiger partial charge in [-0.25, -0.2) is 0 Å². The Kier molecular flexibility index (Phi) is 1.60. The van der Waals surface area contributed by atoms with Crippen molar-refractivity contribution in [3.8, 4) is 0 Å². The van der Waals surface area contributed by atoms with E-state index in [1.54, 1.807) is 12.5 Å². The van der Waals surface area contributed by atoms with Crippen molar-refractivity contribution >= 4 is 0 Å². The van der Waals surface area contributed by atoms with Crippen LogP contribution in [0.2, 0.25) is 0 Å². The monoisotopic (exact) mass is 191 g/mol. The molecule has 1 spiro atoms. The zero-order chi connectivity index (χ0) is 9.43. The first-order valence-corrected chi connectivity index (χ1v) is 5.02. The molecule has 0 amide bonds. The lowest BCUT2D eigenvalue weighted by Gasteiger charge is -2.35. The van der Waals surface area contributed by atoms with E-state index in [4.69, 9.17) is 9.47 Å². The van der Waals surface area contributed by atoms with Crippen molar-refractivity contribution in [1.29, 1.82) is 0 Å². The van der Waals surface area contributed by atoms with E-state index in [0.717, 1.165) is 13.0 Å². The minimum atomic E-state index is -0.357. The molecule has 0 aromatic carbocycles. The molecule has 3 aliphatic heterocycles. The SMILES string of the molecule is C1=CC2(CO1)OC=CC1=C2NCCC1. The van der Waals surface area contributed by atoms with Crippen molar-refractivity contribution in [3.63, 3.8) is 0 Å². The van der Waals surface area contributed by atoms with Crippen LogP contribution in [0.5, 0.6) is 0 Å². The van der Waals surface area contributed by atoms with Crippen LogP contribution < -0.4 is 5.32 Å². The van der Waals surface area contributed by atoms with E-state index >= 15 is 0 Å². The van der Waals surface area contributed by atoms with Gasteiger partial charge in [0, 0.05) is 12.6 Å². The van der Waals surface area contributed by atoms with Crippen LogP contribution in [0.15, 0.2) is 35.9 Å². The lowest BCUT2D eigenvalue weighted by molar-refractivity contribution is 0.0479. The number of ether oxygens (including phenoxy) is 2. The van der Waals surface area contributed by atoms with Gasteiger partial charge in [0.25, 0.3) is 0 Å². The largest absolute Gasteiger partial charge is 0.496 e. The summed E-state index contributed by atoms with van der Waals surface area (Å²) in [4.78, 5) is 0. The molecule has 0 saturated carbocycles. The summed E-state index contributed by atoms with van der Waals surface area (Å²) in [6.07, 6.45) is 9.88. The fourth-order valence-electron chi connectivity index (χ4n) is 2.22. The number of allylic oxidation sites excluding steroid dienone is 2. The molecule has 3 rings (SSSR count). The van der Waals surface area contributed by atoms with E-state index in [1.165, 1.54) is 17.7 Å². The van der Waals surface area contributed by atoms with Crippen molar-refractivity contribution in [2.45, 2.75) is 18.4 Å². The van der Waals surface area contributed by atoms with E-state index in [9.17, 15) is 0 Å². The normalized spacial score (nSPS) is 33.7. The molecule has 0 aromatic rings.